The van der Waals surface area contributed by atoms with Crippen molar-refractivity contribution in [2.24, 2.45) is 29.4 Å². The van der Waals surface area contributed by atoms with E-state index >= 15 is 0 Å². The molecule has 2 fully saturated rings. The Balaban J connectivity index is 1.61. The first-order valence-electron chi connectivity index (χ1n) is 16.4. The SMILES string of the molecule is COC(=O)CCC(=O)O[C@H]1C2C(C(=O)c3c(ccc(CN4CCC(C(F)(F)F)CC4)c3O)[C@@H]2C)C(=O)[C@]2(O)C(O)=C(C(N)=O)C(=O)[C@@H](N(C)C)C12. The van der Waals surface area contributed by atoms with Gasteiger partial charge in [0, 0.05) is 18.0 Å². The van der Waals surface area contributed by atoms with Gasteiger partial charge in [0.2, 0.25) is 0 Å². The summed E-state index contributed by atoms with van der Waals surface area (Å²) >= 11 is 0. The first-order chi connectivity index (χ1) is 23.8. The monoisotopic (exact) mass is 723 g/mol. The van der Waals surface area contributed by atoms with Gasteiger partial charge in [-0.25, -0.2) is 0 Å². The summed E-state index contributed by atoms with van der Waals surface area (Å²) in [4.78, 5) is 83.0. The van der Waals surface area contributed by atoms with Crippen LogP contribution in [0.25, 0.3) is 0 Å². The van der Waals surface area contributed by atoms with Crippen LogP contribution in [0.1, 0.15) is 60.0 Å². The van der Waals surface area contributed by atoms with Gasteiger partial charge in [0.05, 0.1) is 49.3 Å². The number of nitrogens with two attached hydrogens (primary N) is 1. The van der Waals surface area contributed by atoms with Gasteiger partial charge in [0.15, 0.2) is 23.0 Å². The Kier molecular flexibility index (Phi) is 10.1. The predicted octanol–water partition coefficient (Wildman–Crippen LogP) is 1.30. The summed E-state index contributed by atoms with van der Waals surface area (Å²) in [6.45, 7) is 1.71. The minimum Gasteiger partial charge on any atom is -0.508 e. The topological polar surface area (TPSA) is 214 Å². The minimum absolute atomic E-state index is 0.0159. The normalized spacial score (nSPS) is 30.1. The number of ketones is 3. The number of rotatable bonds is 8. The van der Waals surface area contributed by atoms with Gasteiger partial charge in [-0.2, -0.15) is 13.2 Å². The first-order valence-corrected chi connectivity index (χ1v) is 16.4. The number of benzene rings is 1. The van der Waals surface area contributed by atoms with E-state index in [-0.39, 0.29) is 49.2 Å². The molecule has 1 aromatic carbocycles. The Labute approximate surface area is 290 Å². The number of phenols is 1. The van der Waals surface area contributed by atoms with E-state index in [9.17, 15) is 57.3 Å². The highest BCUT2D eigenvalue weighted by molar-refractivity contribution is 6.25. The number of phenolic OH excluding ortho intramolecular Hbond substituents is 1. The summed E-state index contributed by atoms with van der Waals surface area (Å²) in [7, 11) is 3.87. The number of esters is 2. The lowest BCUT2D eigenvalue weighted by Crippen LogP contribution is -2.73. The summed E-state index contributed by atoms with van der Waals surface area (Å²) in [6, 6.07) is 1.44. The number of aromatic hydroxyl groups is 1. The maximum Gasteiger partial charge on any atom is 0.391 e. The highest BCUT2D eigenvalue weighted by Gasteiger charge is 2.71. The number of likely N-dealkylation sites (N-methyl/N-ethyl adjacent to an activating group) is 1. The first kappa shape index (κ1) is 37.9. The smallest absolute Gasteiger partial charge is 0.391 e. The number of likely N-dealkylation sites (tertiary alicyclic amines) is 1. The lowest BCUT2D eigenvalue weighted by Gasteiger charge is -2.56. The zero-order chi connectivity index (χ0) is 37.9. The molecule has 1 amide bonds. The van der Waals surface area contributed by atoms with E-state index in [2.05, 4.69) is 4.74 Å². The Hall–Kier alpha value is -4.35. The molecule has 7 atom stereocenters. The molecule has 0 aromatic heterocycles. The molecule has 17 heteroatoms. The number of primary amides is 1. The molecular formula is C34H40F3N3O11. The van der Waals surface area contributed by atoms with Crippen molar-refractivity contribution in [1.29, 1.82) is 0 Å². The van der Waals surface area contributed by atoms with Gasteiger partial charge in [0.25, 0.3) is 5.91 Å². The third kappa shape index (κ3) is 6.28. The molecular weight excluding hydrogens is 683 g/mol. The number of aliphatic hydroxyl groups excluding tert-OH is 1. The van der Waals surface area contributed by atoms with Crippen molar-refractivity contribution in [1.82, 2.24) is 9.80 Å². The van der Waals surface area contributed by atoms with E-state index in [1.807, 2.05) is 0 Å². The molecule has 0 spiro atoms. The minimum atomic E-state index is -4.33. The lowest BCUT2D eigenvalue weighted by molar-refractivity contribution is -0.197. The number of piperidine rings is 1. The van der Waals surface area contributed by atoms with Gasteiger partial charge in [0.1, 0.15) is 23.2 Å². The number of methoxy groups -OCH3 is 1. The van der Waals surface area contributed by atoms with Crippen molar-refractivity contribution < 1.29 is 66.7 Å². The summed E-state index contributed by atoms with van der Waals surface area (Å²) in [5, 5.41) is 35.0. The molecule has 4 aliphatic rings. The van der Waals surface area contributed by atoms with Gasteiger partial charge < -0.3 is 30.5 Å². The summed E-state index contributed by atoms with van der Waals surface area (Å²) in [5.41, 5.74) is 1.30. The van der Waals surface area contributed by atoms with Crippen molar-refractivity contribution >= 4 is 35.2 Å². The average Bonchev–Trinajstić information content (AvgIpc) is 3.05. The van der Waals surface area contributed by atoms with Crippen LogP contribution in [0.3, 0.4) is 0 Å². The van der Waals surface area contributed by atoms with Crippen LogP contribution < -0.4 is 5.73 Å². The third-order valence-corrected chi connectivity index (χ3v) is 10.9. The highest BCUT2D eigenvalue weighted by Crippen LogP contribution is 2.56. The molecule has 51 heavy (non-hydrogen) atoms. The van der Waals surface area contributed by atoms with E-state index in [0.29, 0.717) is 0 Å². The zero-order valence-electron chi connectivity index (χ0n) is 28.4. The van der Waals surface area contributed by atoms with Crippen LogP contribution >= 0.6 is 0 Å². The number of carbonyl (C=O) groups is 6. The van der Waals surface area contributed by atoms with Gasteiger partial charge in [-0.3, -0.25) is 38.6 Å². The van der Waals surface area contributed by atoms with E-state index in [1.54, 1.807) is 11.8 Å². The zero-order valence-corrected chi connectivity index (χ0v) is 28.4. The molecule has 1 aliphatic heterocycles. The van der Waals surface area contributed by atoms with Gasteiger partial charge in [-0.15, -0.1) is 0 Å². The molecule has 5 N–H and O–H groups in total. The molecule has 3 unspecified atom stereocenters. The number of amides is 1. The van der Waals surface area contributed by atoms with Crippen molar-refractivity contribution in [2.75, 3.05) is 34.3 Å². The van der Waals surface area contributed by atoms with Gasteiger partial charge in [-0.05, 0) is 51.5 Å². The number of carbonyl (C=O) groups excluding carboxylic acids is 6. The van der Waals surface area contributed by atoms with Crippen molar-refractivity contribution in [2.45, 2.75) is 69.0 Å². The Morgan fingerprint density at radius 1 is 1.04 bits per heavy atom. The molecule has 0 bridgehead atoms. The maximum atomic E-state index is 14.5. The Morgan fingerprint density at radius 2 is 1.65 bits per heavy atom. The molecule has 278 valence electrons. The fourth-order valence-corrected chi connectivity index (χ4v) is 8.31. The lowest BCUT2D eigenvalue weighted by atomic mass is 9.51. The number of hydrogen-bond acceptors (Lipinski definition) is 13. The summed E-state index contributed by atoms with van der Waals surface area (Å²) < 4.78 is 50.1. The van der Waals surface area contributed by atoms with Crippen LogP contribution in [0.5, 0.6) is 5.75 Å². The second-order valence-corrected chi connectivity index (χ2v) is 13.9. The van der Waals surface area contributed by atoms with Crippen LogP contribution in [-0.2, 0) is 40.0 Å². The van der Waals surface area contributed by atoms with Crippen LogP contribution in [-0.4, -0.2) is 119 Å². The van der Waals surface area contributed by atoms with Crippen molar-refractivity contribution in [3.63, 3.8) is 0 Å². The molecule has 1 aromatic rings. The number of hydrogen-bond donors (Lipinski definition) is 4. The van der Waals surface area contributed by atoms with Gasteiger partial charge >= 0.3 is 18.1 Å². The van der Waals surface area contributed by atoms with E-state index in [0.717, 1.165) is 7.11 Å². The molecule has 5 rings (SSSR count). The van der Waals surface area contributed by atoms with Crippen molar-refractivity contribution in [3.05, 3.63) is 40.2 Å². The third-order valence-electron chi connectivity index (χ3n) is 10.9. The molecule has 1 heterocycles. The maximum absolute atomic E-state index is 14.5. The second kappa shape index (κ2) is 13.7. The molecule has 3 aliphatic carbocycles. The summed E-state index contributed by atoms with van der Waals surface area (Å²) in [6.07, 6.45) is -7.24. The Bertz CT molecular complexity index is 1700. The van der Waals surface area contributed by atoms with Gasteiger partial charge in [-0.1, -0.05) is 19.1 Å². The fraction of sp³-hybridized carbons (Fsp3) is 0.588. The number of halogens is 3. The number of nitrogens with zero attached hydrogens (tertiary/aromatic N) is 2. The largest absolute Gasteiger partial charge is 0.508 e. The van der Waals surface area contributed by atoms with Crippen molar-refractivity contribution in [3.8, 4) is 5.75 Å². The molecule has 1 saturated carbocycles. The van der Waals surface area contributed by atoms with Crippen LogP contribution in [0, 0.1) is 23.7 Å². The second-order valence-electron chi connectivity index (χ2n) is 13.9. The van der Waals surface area contributed by atoms with E-state index in [4.69, 9.17) is 10.5 Å². The number of alkyl halides is 3. The number of ether oxygens (including phenoxy) is 2. The molecule has 14 nitrogen and oxygen atoms in total. The summed E-state index contributed by atoms with van der Waals surface area (Å²) in [5.74, 6) is -15.9. The molecule has 1 saturated heterocycles. The average molecular weight is 724 g/mol. The van der Waals surface area contributed by atoms with E-state index in [1.165, 1.54) is 31.1 Å². The van der Waals surface area contributed by atoms with Crippen LogP contribution in [0.4, 0.5) is 13.2 Å². The predicted molar refractivity (Wildman–Crippen MR) is 168 cm³/mol. The quantitative estimate of drug-likeness (QED) is 0.169. The number of fused-ring (bicyclic) bond motifs is 3. The fourth-order valence-electron chi connectivity index (χ4n) is 8.31. The molecule has 0 radical (unpaired) electrons. The number of aliphatic hydroxyl groups is 2. The Morgan fingerprint density at radius 3 is 2.20 bits per heavy atom. The standard InChI is InChI=1S/C34H40F3N3O11/c1-14-17-6-5-15(13-40-11-9-16(10-12-40)34(35,36)37)26(43)21(17)27(44)22-20(14)29(51-19(42)8-7-18(41)50-4)24-25(39(2)3)28(45)23(32(38)48)31(47)33(24,49)30(22)46/h5-6,14,16,20,22,24-25,29,43,47,49H,7-13H2,1-4H3,(H2,38,48)/t14-,20?,22?,24?,25-,29-,33-/m0/s1. The van der Waals surface area contributed by atoms with Crippen LogP contribution in [0.15, 0.2) is 23.5 Å². The van der Waals surface area contributed by atoms with Crippen LogP contribution in [0.2, 0.25) is 0 Å². The van der Waals surface area contributed by atoms with E-state index < -0.39 is 119 Å². The highest BCUT2D eigenvalue weighted by atomic mass is 19.4. The number of Topliss-reactive ketones (excluding diaryl/α,β-unsaturated/α-hetero) is 3.